The van der Waals surface area contributed by atoms with E-state index in [1.807, 2.05) is 6.92 Å². The number of rotatable bonds is 6. The maximum atomic E-state index is 12.6. The zero-order valence-electron chi connectivity index (χ0n) is 15.6. The fourth-order valence-corrected chi connectivity index (χ4v) is 4.79. The first-order valence-electron chi connectivity index (χ1n) is 9.35. The van der Waals surface area contributed by atoms with Gasteiger partial charge in [-0.1, -0.05) is 48.0 Å². The van der Waals surface area contributed by atoms with Crippen LogP contribution in [0, 0.1) is 6.92 Å². The molecule has 0 unspecified atom stereocenters. The summed E-state index contributed by atoms with van der Waals surface area (Å²) in [4.78, 5) is 12.5. The van der Waals surface area contributed by atoms with Gasteiger partial charge in [0.25, 0.3) is 0 Å². The number of carbonyl (C=O) groups is 1. The average Bonchev–Trinajstić information content (AvgIpc) is 2.69. The van der Waals surface area contributed by atoms with Crippen LogP contribution < -0.4 is 5.32 Å². The summed E-state index contributed by atoms with van der Waals surface area (Å²) in [6.45, 7) is 2.90. The monoisotopic (exact) mass is 386 g/mol. The highest BCUT2D eigenvalue weighted by Gasteiger charge is 2.29. The van der Waals surface area contributed by atoms with Gasteiger partial charge in [0.05, 0.1) is 4.90 Å². The molecule has 1 aliphatic heterocycles. The second-order valence-electron chi connectivity index (χ2n) is 7.04. The van der Waals surface area contributed by atoms with Gasteiger partial charge in [0.1, 0.15) is 0 Å². The zero-order valence-corrected chi connectivity index (χ0v) is 16.4. The normalized spacial score (nSPS) is 16.2. The molecule has 2 aromatic carbocycles. The van der Waals surface area contributed by atoms with Crippen LogP contribution in [0.1, 0.15) is 30.4 Å². The second kappa shape index (κ2) is 8.67. The van der Waals surface area contributed by atoms with Gasteiger partial charge in [0.15, 0.2) is 0 Å². The number of aryl methyl sites for hydroxylation is 2. The first-order chi connectivity index (χ1) is 12.9. The third-order valence-corrected chi connectivity index (χ3v) is 6.87. The number of nitrogens with one attached hydrogen (secondary N) is 1. The summed E-state index contributed by atoms with van der Waals surface area (Å²) in [5.41, 5.74) is 2.36. The van der Waals surface area contributed by atoms with Crippen LogP contribution in [-0.2, 0) is 21.2 Å². The van der Waals surface area contributed by atoms with Crippen molar-refractivity contribution in [1.82, 2.24) is 9.62 Å². The van der Waals surface area contributed by atoms with Crippen molar-refractivity contribution in [2.75, 3.05) is 13.1 Å². The van der Waals surface area contributed by atoms with Crippen molar-refractivity contribution in [1.29, 1.82) is 0 Å². The second-order valence-corrected chi connectivity index (χ2v) is 8.98. The highest BCUT2D eigenvalue weighted by Crippen LogP contribution is 2.20. The number of amides is 1. The van der Waals surface area contributed by atoms with Crippen LogP contribution in [0.5, 0.6) is 0 Å². The van der Waals surface area contributed by atoms with Crippen molar-refractivity contribution in [3.05, 3.63) is 65.7 Å². The maximum Gasteiger partial charge on any atom is 0.243 e. The van der Waals surface area contributed by atoms with Crippen molar-refractivity contribution in [3.63, 3.8) is 0 Å². The van der Waals surface area contributed by atoms with Gasteiger partial charge in [0, 0.05) is 25.6 Å². The minimum atomic E-state index is -3.44. The van der Waals surface area contributed by atoms with E-state index in [4.69, 9.17) is 0 Å². The third kappa shape index (κ3) is 5.17. The lowest BCUT2D eigenvalue weighted by Gasteiger charge is -2.31. The lowest BCUT2D eigenvalue weighted by atomic mass is 10.1. The van der Waals surface area contributed by atoms with Crippen LogP contribution >= 0.6 is 0 Å². The van der Waals surface area contributed by atoms with Crippen LogP contribution in [0.2, 0.25) is 0 Å². The molecule has 1 amide bonds. The van der Waals surface area contributed by atoms with E-state index < -0.39 is 10.0 Å². The molecule has 0 saturated carbocycles. The molecule has 1 N–H and O–H groups in total. The van der Waals surface area contributed by atoms with E-state index in [-0.39, 0.29) is 11.9 Å². The minimum absolute atomic E-state index is 0.0277. The van der Waals surface area contributed by atoms with E-state index >= 15 is 0 Å². The molecule has 3 rings (SSSR count). The molecule has 0 atom stereocenters. The Balaban J connectivity index is 1.46. The number of hydrogen-bond acceptors (Lipinski definition) is 3. The van der Waals surface area contributed by atoms with Crippen molar-refractivity contribution in [3.8, 4) is 0 Å². The molecule has 0 radical (unpaired) electrons. The van der Waals surface area contributed by atoms with Crippen molar-refractivity contribution in [2.45, 2.75) is 43.5 Å². The number of hydrogen-bond donors (Lipinski definition) is 1. The molecular weight excluding hydrogens is 360 g/mol. The smallest absolute Gasteiger partial charge is 0.243 e. The quantitative estimate of drug-likeness (QED) is 0.830. The summed E-state index contributed by atoms with van der Waals surface area (Å²) in [5, 5.41) is 3.05. The van der Waals surface area contributed by atoms with Crippen LogP contribution in [0.3, 0.4) is 0 Å². The van der Waals surface area contributed by atoms with Crippen molar-refractivity contribution in [2.24, 2.45) is 0 Å². The molecule has 0 aliphatic carbocycles. The molecule has 0 bridgehead atoms. The van der Waals surface area contributed by atoms with Gasteiger partial charge in [-0.2, -0.15) is 4.31 Å². The molecule has 1 fully saturated rings. The Bertz CT molecular complexity index is 856. The van der Waals surface area contributed by atoms with Gasteiger partial charge >= 0.3 is 0 Å². The fourth-order valence-electron chi connectivity index (χ4n) is 3.29. The van der Waals surface area contributed by atoms with Crippen LogP contribution in [0.4, 0.5) is 0 Å². The summed E-state index contributed by atoms with van der Waals surface area (Å²) in [5.74, 6) is 0.0277. The van der Waals surface area contributed by atoms with Gasteiger partial charge in [0.2, 0.25) is 15.9 Å². The molecule has 2 aromatic rings. The van der Waals surface area contributed by atoms with E-state index in [9.17, 15) is 13.2 Å². The Hall–Kier alpha value is -2.18. The van der Waals surface area contributed by atoms with E-state index in [1.165, 1.54) is 9.87 Å². The van der Waals surface area contributed by atoms with Crippen LogP contribution in [-0.4, -0.2) is 37.8 Å². The molecule has 27 heavy (non-hydrogen) atoms. The molecule has 144 valence electrons. The van der Waals surface area contributed by atoms with E-state index in [2.05, 4.69) is 29.6 Å². The van der Waals surface area contributed by atoms with Gasteiger partial charge in [-0.3, -0.25) is 4.79 Å². The highest BCUT2D eigenvalue weighted by molar-refractivity contribution is 7.89. The summed E-state index contributed by atoms with van der Waals surface area (Å²) in [6, 6.07) is 16.7. The summed E-state index contributed by atoms with van der Waals surface area (Å²) in [6.07, 6.45) is 2.45. The predicted octanol–water partition coefficient (Wildman–Crippen LogP) is 2.90. The Morgan fingerprint density at radius 3 is 2.30 bits per heavy atom. The maximum absolute atomic E-state index is 12.6. The largest absolute Gasteiger partial charge is 0.353 e. The lowest BCUT2D eigenvalue weighted by molar-refractivity contribution is -0.122. The first-order valence-corrected chi connectivity index (χ1v) is 10.8. The van der Waals surface area contributed by atoms with E-state index in [1.54, 1.807) is 30.3 Å². The number of sulfonamides is 1. The van der Waals surface area contributed by atoms with Crippen LogP contribution in [0.15, 0.2) is 59.5 Å². The molecule has 1 saturated heterocycles. The minimum Gasteiger partial charge on any atom is -0.353 e. The highest BCUT2D eigenvalue weighted by atomic mass is 32.2. The molecule has 0 spiro atoms. The topological polar surface area (TPSA) is 66.5 Å². The average molecular weight is 387 g/mol. The van der Waals surface area contributed by atoms with Gasteiger partial charge < -0.3 is 5.32 Å². The number of nitrogens with zero attached hydrogens (tertiary/aromatic N) is 1. The van der Waals surface area contributed by atoms with Crippen molar-refractivity contribution < 1.29 is 13.2 Å². The first kappa shape index (κ1) is 19.6. The standard InChI is InChI=1S/C21H26N2O3S/c1-17-7-9-18(10-8-17)11-12-21(24)22-19-13-15-23(16-14-19)27(25,26)20-5-3-2-4-6-20/h2-10,19H,11-16H2,1H3,(H,22,24). The summed E-state index contributed by atoms with van der Waals surface area (Å²) < 4.78 is 26.8. The van der Waals surface area contributed by atoms with Crippen molar-refractivity contribution >= 4 is 15.9 Å². The Labute approximate surface area is 161 Å². The van der Waals surface area contributed by atoms with Gasteiger partial charge in [-0.15, -0.1) is 0 Å². The molecule has 5 nitrogen and oxygen atoms in total. The fraction of sp³-hybridized carbons (Fsp3) is 0.381. The number of benzene rings is 2. The number of piperidine rings is 1. The Morgan fingerprint density at radius 1 is 1.04 bits per heavy atom. The SMILES string of the molecule is Cc1ccc(CCC(=O)NC2CCN(S(=O)(=O)c3ccccc3)CC2)cc1. The molecule has 0 aromatic heterocycles. The van der Waals surface area contributed by atoms with Gasteiger partial charge in [-0.25, -0.2) is 8.42 Å². The number of carbonyl (C=O) groups excluding carboxylic acids is 1. The third-order valence-electron chi connectivity index (χ3n) is 4.96. The Morgan fingerprint density at radius 2 is 1.67 bits per heavy atom. The molecule has 1 aliphatic rings. The van der Waals surface area contributed by atoms with Crippen LogP contribution in [0.25, 0.3) is 0 Å². The summed E-state index contributed by atoms with van der Waals surface area (Å²) in [7, 11) is -3.44. The van der Waals surface area contributed by atoms with E-state index in [0.29, 0.717) is 43.7 Å². The molecular formula is C21H26N2O3S. The predicted molar refractivity (Wildman–Crippen MR) is 106 cm³/mol. The Kier molecular flexibility index (Phi) is 6.29. The molecule has 6 heteroatoms. The molecule has 1 heterocycles. The summed E-state index contributed by atoms with van der Waals surface area (Å²) >= 11 is 0. The van der Waals surface area contributed by atoms with E-state index in [0.717, 1.165) is 5.56 Å². The van der Waals surface area contributed by atoms with Gasteiger partial charge in [-0.05, 0) is 43.9 Å². The zero-order chi connectivity index (χ0) is 19.3. The lowest BCUT2D eigenvalue weighted by Crippen LogP contribution is -2.46.